The predicted octanol–water partition coefficient (Wildman–Crippen LogP) is 1.89. The molecule has 4 nitrogen and oxygen atoms in total. The Balaban J connectivity index is 2.11. The first-order valence-electron chi connectivity index (χ1n) is 5.75. The van der Waals surface area contributed by atoms with Crippen molar-refractivity contribution < 1.29 is 28.2 Å². The highest BCUT2D eigenvalue weighted by atomic mass is 19.2. The van der Waals surface area contributed by atoms with Crippen LogP contribution in [-0.2, 0) is 6.61 Å². The Hall–Kier alpha value is -2.12. The van der Waals surface area contributed by atoms with Crippen LogP contribution in [0.2, 0.25) is 0 Å². The molecule has 20 heavy (non-hydrogen) atoms. The quantitative estimate of drug-likeness (QED) is 0.821. The maximum Gasteiger partial charge on any atom is 0.707 e. The molecule has 2 N–H and O–H groups in total. The van der Waals surface area contributed by atoms with Crippen LogP contribution in [-0.4, -0.2) is 17.4 Å². The summed E-state index contributed by atoms with van der Waals surface area (Å²) in [5.41, 5.74) is 0.804. The molecule has 0 radical (unpaired) electrons. The molecule has 0 fully saturated rings. The maximum absolute atomic E-state index is 13.7. The van der Waals surface area contributed by atoms with Crippen LogP contribution in [0.1, 0.15) is 5.56 Å². The fourth-order valence-corrected chi connectivity index (χ4v) is 1.57. The monoisotopic (exact) mass is 280 g/mol. The topological polar surface area (TPSA) is 58.9 Å². The van der Waals surface area contributed by atoms with Gasteiger partial charge < -0.3 is 19.4 Å². The molecule has 0 aliphatic heterocycles. The summed E-state index contributed by atoms with van der Waals surface area (Å²) in [5.74, 6) is -3.49. The number of halogens is 2. The fourth-order valence-electron chi connectivity index (χ4n) is 1.57. The average molecular weight is 280 g/mol. The van der Waals surface area contributed by atoms with E-state index < -0.39 is 24.7 Å². The van der Waals surface area contributed by atoms with Gasteiger partial charge in [-0.15, -0.1) is 0 Å². The van der Waals surface area contributed by atoms with E-state index >= 15 is 0 Å². The first kappa shape index (κ1) is 14.3. The molecule has 2 aromatic rings. The van der Waals surface area contributed by atoms with E-state index in [0.717, 1.165) is 17.7 Å². The number of hydrogen-bond donors (Lipinski definition) is 2. The lowest BCUT2D eigenvalue weighted by molar-refractivity contribution is 0.268. The van der Waals surface area contributed by atoms with Crippen molar-refractivity contribution in [3.63, 3.8) is 0 Å². The third kappa shape index (κ3) is 3.46. The summed E-state index contributed by atoms with van der Waals surface area (Å²) in [4.78, 5) is 0. The van der Waals surface area contributed by atoms with Crippen molar-refractivity contribution in [2.75, 3.05) is 0 Å². The summed E-state index contributed by atoms with van der Waals surface area (Å²) in [6.45, 7) is 0.0834. The van der Waals surface area contributed by atoms with Gasteiger partial charge in [-0.2, -0.15) is 8.78 Å². The Morgan fingerprint density at radius 3 is 2.15 bits per heavy atom. The minimum Gasteiger partial charge on any atom is -0.509 e. The van der Waals surface area contributed by atoms with Crippen LogP contribution in [0, 0.1) is 11.6 Å². The summed E-state index contributed by atoms with van der Waals surface area (Å²) in [6.07, 6.45) is 0. The minimum atomic E-state index is -2.22. The highest BCUT2D eigenvalue weighted by Crippen LogP contribution is 2.28. The summed E-state index contributed by atoms with van der Waals surface area (Å²) < 4.78 is 36.7. The smallest absolute Gasteiger partial charge is 0.509 e. The number of hydrogen-bond acceptors (Lipinski definition) is 4. The van der Waals surface area contributed by atoms with Gasteiger partial charge in [-0.1, -0.05) is 30.3 Å². The van der Waals surface area contributed by atoms with Crippen LogP contribution < -0.4 is 9.39 Å². The van der Waals surface area contributed by atoms with Crippen molar-refractivity contribution in [3.8, 4) is 11.5 Å². The van der Waals surface area contributed by atoms with Gasteiger partial charge in [0.05, 0.1) is 0 Å². The lowest BCUT2D eigenvalue weighted by atomic mass is 10.2. The van der Waals surface area contributed by atoms with Crippen molar-refractivity contribution in [1.82, 2.24) is 0 Å². The van der Waals surface area contributed by atoms with E-state index in [1.165, 1.54) is 0 Å². The van der Waals surface area contributed by atoms with Crippen molar-refractivity contribution in [1.29, 1.82) is 0 Å². The maximum atomic E-state index is 13.7. The Kier molecular flexibility index (Phi) is 4.55. The summed E-state index contributed by atoms with van der Waals surface area (Å²) in [6, 6.07) is 11.2. The first-order chi connectivity index (χ1) is 9.58. The van der Waals surface area contributed by atoms with Crippen LogP contribution in [0.3, 0.4) is 0 Å². The third-order valence-corrected chi connectivity index (χ3v) is 2.48. The molecule has 0 saturated heterocycles. The predicted molar refractivity (Wildman–Crippen MR) is 68.0 cm³/mol. The van der Waals surface area contributed by atoms with Crippen molar-refractivity contribution in [3.05, 3.63) is 59.7 Å². The van der Waals surface area contributed by atoms with Gasteiger partial charge in [0.2, 0.25) is 11.6 Å². The van der Waals surface area contributed by atoms with Gasteiger partial charge in [0, 0.05) is 0 Å². The first-order valence-corrected chi connectivity index (χ1v) is 5.75. The molecule has 0 unspecified atom stereocenters. The molecule has 0 saturated carbocycles. The molecule has 0 aromatic heterocycles. The highest BCUT2D eigenvalue weighted by molar-refractivity contribution is 6.33. The molecule has 0 bridgehead atoms. The van der Waals surface area contributed by atoms with Crippen LogP contribution >= 0.6 is 0 Å². The Morgan fingerprint density at radius 1 is 0.900 bits per heavy atom. The molecule has 0 aliphatic carbocycles. The summed E-state index contributed by atoms with van der Waals surface area (Å²) >= 11 is 0. The Bertz CT molecular complexity index is 578. The zero-order valence-corrected chi connectivity index (χ0v) is 10.3. The summed E-state index contributed by atoms with van der Waals surface area (Å²) in [7, 11) is -2.22. The SMILES string of the molecule is OB(O)Oc1ccc(OCc2ccccc2)c(F)c1F. The molecular weight excluding hydrogens is 269 g/mol. The molecular formula is C13H11BF2O4. The lowest BCUT2D eigenvalue weighted by Gasteiger charge is -2.11. The van der Waals surface area contributed by atoms with E-state index in [-0.39, 0.29) is 12.4 Å². The average Bonchev–Trinajstić information content (AvgIpc) is 2.44. The van der Waals surface area contributed by atoms with E-state index in [2.05, 4.69) is 4.65 Å². The van der Waals surface area contributed by atoms with Gasteiger partial charge in [0.25, 0.3) is 0 Å². The minimum absolute atomic E-state index is 0.0834. The van der Waals surface area contributed by atoms with Crippen molar-refractivity contribution >= 4 is 7.32 Å². The second-order valence-corrected chi connectivity index (χ2v) is 3.91. The molecule has 2 rings (SSSR count). The Morgan fingerprint density at radius 2 is 1.50 bits per heavy atom. The van der Waals surface area contributed by atoms with Crippen LogP contribution in [0.15, 0.2) is 42.5 Å². The molecule has 0 spiro atoms. The van der Waals surface area contributed by atoms with E-state index in [0.29, 0.717) is 0 Å². The zero-order valence-electron chi connectivity index (χ0n) is 10.3. The van der Waals surface area contributed by atoms with E-state index in [1.54, 1.807) is 24.3 Å². The largest absolute Gasteiger partial charge is 0.707 e. The van der Waals surface area contributed by atoms with Gasteiger partial charge in [-0.25, -0.2) is 0 Å². The second kappa shape index (κ2) is 6.36. The third-order valence-electron chi connectivity index (χ3n) is 2.48. The number of rotatable bonds is 5. The molecule has 0 aliphatic rings. The Labute approximate surface area is 114 Å². The van der Waals surface area contributed by atoms with E-state index in [9.17, 15) is 8.78 Å². The van der Waals surface area contributed by atoms with Gasteiger partial charge in [0.1, 0.15) is 12.4 Å². The molecule has 0 atom stereocenters. The number of benzene rings is 2. The van der Waals surface area contributed by atoms with Gasteiger partial charge >= 0.3 is 7.32 Å². The highest BCUT2D eigenvalue weighted by Gasteiger charge is 2.20. The molecule has 2 aromatic carbocycles. The molecule has 0 heterocycles. The van der Waals surface area contributed by atoms with Gasteiger partial charge in [-0.3, -0.25) is 0 Å². The van der Waals surface area contributed by atoms with E-state index in [4.69, 9.17) is 14.8 Å². The number of ether oxygens (including phenoxy) is 1. The zero-order chi connectivity index (χ0) is 14.5. The van der Waals surface area contributed by atoms with Crippen molar-refractivity contribution in [2.45, 2.75) is 6.61 Å². The normalized spacial score (nSPS) is 10.2. The van der Waals surface area contributed by atoms with Crippen LogP contribution in [0.4, 0.5) is 8.78 Å². The van der Waals surface area contributed by atoms with Crippen LogP contribution in [0.25, 0.3) is 0 Å². The summed E-state index contributed by atoms with van der Waals surface area (Å²) in [5, 5.41) is 17.1. The molecule has 7 heteroatoms. The van der Waals surface area contributed by atoms with Crippen molar-refractivity contribution in [2.24, 2.45) is 0 Å². The molecule has 0 amide bonds. The van der Waals surface area contributed by atoms with Crippen LogP contribution in [0.5, 0.6) is 11.5 Å². The van der Waals surface area contributed by atoms with Gasteiger partial charge in [-0.05, 0) is 17.7 Å². The fraction of sp³-hybridized carbons (Fsp3) is 0.0769. The van der Waals surface area contributed by atoms with Gasteiger partial charge in [0.15, 0.2) is 5.75 Å². The standard InChI is InChI=1S/C13H11BF2O4/c15-12-10(19-8-9-4-2-1-3-5-9)6-7-11(13(12)16)20-14(17)18/h1-7,17-18H,8H2. The molecule has 104 valence electrons. The van der Waals surface area contributed by atoms with E-state index in [1.807, 2.05) is 6.07 Å². The second-order valence-electron chi connectivity index (χ2n) is 3.91. The lowest BCUT2D eigenvalue weighted by Crippen LogP contribution is -2.21.